The van der Waals surface area contributed by atoms with Gasteiger partial charge >= 0.3 is 0 Å². The lowest BCUT2D eigenvalue weighted by atomic mass is 10.3. The molecule has 2 aromatic rings. The van der Waals surface area contributed by atoms with Gasteiger partial charge in [0.15, 0.2) is 0 Å². The molecule has 0 saturated carbocycles. The van der Waals surface area contributed by atoms with Crippen molar-refractivity contribution in [2.45, 2.75) is 19.6 Å². The van der Waals surface area contributed by atoms with Crippen LogP contribution in [0.5, 0.6) is 0 Å². The van der Waals surface area contributed by atoms with Crippen molar-refractivity contribution >= 4 is 17.2 Å². The number of thiophene rings is 1. The van der Waals surface area contributed by atoms with Gasteiger partial charge in [-0.05, 0) is 29.4 Å². The second-order valence-corrected chi connectivity index (χ2v) is 5.10. The van der Waals surface area contributed by atoms with Gasteiger partial charge in [-0.2, -0.15) is 11.3 Å². The molecule has 0 aliphatic carbocycles. The summed E-state index contributed by atoms with van der Waals surface area (Å²) in [6, 6.07) is 2.02. The highest BCUT2D eigenvalue weighted by Crippen LogP contribution is 2.08. The molecule has 0 unspecified atom stereocenters. The first-order valence-electron chi connectivity index (χ1n) is 5.97. The fraction of sp³-hybridized carbons (Fsp3) is 0.417. The van der Waals surface area contributed by atoms with E-state index in [4.69, 9.17) is 0 Å². The summed E-state index contributed by atoms with van der Waals surface area (Å²) < 4.78 is 1.57. The van der Waals surface area contributed by atoms with Crippen LogP contribution in [-0.2, 0) is 24.4 Å². The minimum absolute atomic E-state index is 0.0205. The molecule has 2 rings (SSSR count). The standard InChI is InChI=1S/C12H17N5OS/c1-13-5-11-7-17(15-14-11)8-12(18)16(2)6-10-3-4-19-9-10/h3-4,7,9,13H,5-6,8H2,1-2H3. The van der Waals surface area contributed by atoms with E-state index in [1.54, 1.807) is 34.2 Å². The summed E-state index contributed by atoms with van der Waals surface area (Å²) in [5.41, 5.74) is 1.98. The Balaban J connectivity index is 1.88. The Morgan fingerprint density at radius 1 is 1.58 bits per heavy atom. The number of nitrogens with zero attached hydrogens (tertiary/aromatic N) is 4. The molecular formula is C12H17N5OS. The molecule has 1 amide bonds. The number of hydrogen-bond donors (Lipinski definition) is 1. The Kier molecular flexibility index (Phi) is 4.64. The lowest BCUT2D eigenvalue weighted by Gasteiger charge is -2.16. The van der Waals surface area contributed by atoms with Gasteiger partial charge in [0.2, 0.25) is 5.91 Å². The van der Waals surface area contributed by atoms with Crippen LogP contribution in [0.25, 0.3) is 0 Å². The minimum atomic E-state index is 0.0205. The van der Waals surface area contributed by atoms with Crippen LogP contribution in [0.1, 0.15) is 11.3 Å². The molecular weight excluding hydrogens is 262 g/mol. The zero-order chi connectivity index (χ0) is 13.7. The maximum atomic E-state index is 12.0. The molecule has 0 aliphatic heterocycles. The van der Waals surface area contributed by atoms with Gasteiger partial charge in [0.25, 0.3) is 0 Å². The zero-order valence-electron chi connectivity index (χ0n) is 11.0. The van der Waals surface area contributed by atoms with Crippen molar-refractivity contribution in [3.8, 4) is 0 Å². The fourth-order valence-corrected chi connectivity index (χ4v) is 2.34. The largest absolute Gasteiger partial charge is 0.340 e. The molecule has 2 heterocycles. The van der Waals surface area contributed by atoms with Gasteiger partial charge in [0.1, 0.15) is 6.54 Å². The van der Waals surface area contributed by atoms with E-state index in [0.717, 1.165) is 11.3 Å². The van der Waals surface area contributed by atoms with Gasteiger partial charge in [-0.3, -0.25) is 4.79 Å². The molecule has 19 heavy (non-hydrogen) atoms. The van der Waals surface area contributed by atoms with Gasteiger partial charge in [-0.25, -0.2) is 4.68 Å². The molecule has 7 heteroatoms. The van der Waals surface area contributed by atoms with E-state index < -0.39 is 0 Å². The Hall–Kier alpha value is -1.73. The van der Waals surface area contributed by atoms with E-state index >= 15 is 0 Å². The molecule has 102 valence electrons. The lowest BCUT2D eigenvalue weighted by Crippen LogP contribution is -2.29. The number of aromatic nitrogens is 3. The third-order valence-corrected chi connectivity index (χ3v) is 3.40. The molecule has 1 N–H and O–H groups in total. The summed E-state index contributed by atoms with van der Waals surface area (Å²) >= 11 is 1.63. The maximum Gasteiger partial charge on any atom is 0.244 e. The quantitative estimate of drug-likeness (QED) is 0.846. The summed E-state index contributed by atoms with van der Waals surface area (Å²) in [5, 5.41) is 15.0. The van der Waals surface area contributed by atoms with Crippen LogP contribution in [0, 0.1) is 0 Å². The van der Waals surface area contributed by atoms with E-state index in [2.05, 4.69) is 15.6 Å². The summed E-state index contributed by atoms with van der Waals surface area (Å²) in [5.74, 6) is 0.0205. The molecule has 0 atom stereocenters. The smallest absolute Gasteiger partial charge is 0.244 e. The monoisotopic (exact) mass is 279 g/mol. The number of amides is 1. The predicted molar refractivity (Wildman–Crippen MR) is 73.6 cm³/mol. The molecule has 0 bridgehead atoms. The van der Waals surface area contributed by atoms with Crippen LogP contribution in [0.15, 0.2) is 23.0 Å². The van der Waals surface area contributed by atoms with Crippen molar-refractivity contribution < 1.29 is 4.79 Å². The van der Waals surface area contributed by atoms with Crippen molar-refractivity contribution in [1.29, 1.82) is 0 Å². The third kappa shape index (κ3) is 3.87. The van der Waals surface area contributed by atoms with Crippen molar-refractivity contribution in [1.82, 2.24) is 25.2 Å². The zero-order valence-corrected chi connectivity index (χ0v) is 11.9. The van der Waals surface area contributed by atoms with Crippen molar-refractivity contribution in [3.63, 3.8) is 0 Å². The second kappa shape index (κ2) is 6.44. The molecule has 2 aromatic heterocycles. The van der Waals surface area contributed by atoms with E-state index in [1.165, 1.54) is 0 Å². The molecule has 0 spiro atoms. The number of carbonyl (C=O) groups is 1. The Morgan fingerprint density at radius 2 is 2.42 bits per heavy atom. The first-order valence-corrected chi connectivity index (χ1v) is 6.92. The Morgan fingerprint density at radius 3 is 3.11 bits per heavy atom. The lowest BCUT2D eigenvalue weighted by molar-refractivity contribution is -0.131. The number of carbonyl (C=O) groups excluding carboxylic acids is 1. The van der Waals surface area contributed by atoms with Crippen molar-refractivity contribution in [2.75, 3.05) is 14.1 Å². The van der Waals surface area contributed by atoms with Crippen LogP contribution in [0.4, 0.5) is 0 Å². The molecule has 0 radical (unpaired) electrons. The first-order chi connectivity index (χ1) is 9.19. The van der Waals surface area contributed by atoms with E-state index in [1.807, 2.05) is 23.9 Å². The SMILES string of the molecule is CNCc1cn(CC(=O)N(C)Cc2ccsc2)nn1. The van der Waals surface area contributed by atoms with Gasteiger partial charge in [-0.15, -0.1) is 5.10 Å². The highest BCUT2D eigenvalue weighted by Gasteiger charge is 2.11. The first kappa shape index (κ1) is 13.7. The molecule has 0 saturated heterocycles. The average molecular weight is 279 g/mol. The summed E-state index contributed by atoms with van der Waals surface area (Å²) in [7, 11) is 3.64. The summed E-state index contributed by atoms with van der Waals surface area (Å²) in [6.07, 6.45) is 1.78. The van der Waals surface area contributed by atoms with Crippen LogP contribution in [0.3, 0.4) is 0 Å². The van der Waals surface area contributed by atoms with E-state index in [9.17, 15) is 4.79 Å². The highest BCUT2D eigenvalue weighted by atomic mass is 32.1. The Labute approximate surface area is 116 Å². The number of likely N-dealkylation sites (N-methyl/N-ethyl adjacent to an activating group) is 1. The van der Waals surface area contributed by atoms with Gasteiger partial charge in [-0.1, -0.05) is 5.21 Å². The van der Waals surface area contributed by atoms with E-state index in [0.29, 0.717) is 13.1 Å². The third-order valence-electron chi connectivity index (χ3n) is 2.67. The van der Waals surface area contributed by atoms with Crippen LogP contribution >= 0.6 is 11.3 Å². The van der Waals surface area contributed by atoms with Gasteiger partial charge in [0, 0.05) is 20.1 Å². The van der Waals surface area contributed by atoms with Gasteiger partial charge < -0.3 is 10.2 Å². The molecule has 6 nitrogen and oxygen atoms in total. The summed E-state index contributed by atoms with van der Waals surface area (Å²) in [4.78, 5) is 13.7. The van der Waals surface area contributed by atoms with Crippen molar-refractivity contribution in [2.24, 2.45) is 0 Å². The topological polar surface area (TPSA) is 63.1 Å². The average Bonchev–Trinajstić information content (AvgIpc) is 3.02. The molecule has 0 aromatic carbocycles. The van der Waals surface area contributed by atoms with Gasteiger partial charge in [0.05, 0.1) is 11.9 Å². The maximum absolute atomic E-state index is 12.0. The number of hydrogen-bond acceptors (Lipinski definition) is 5. The molecule has 0 aliphatic rings. The van der Waals surface area contributed by atoms with Crippen LogP contribution in [-0.4, -0.2) is 39.9 Å². The predicted octanol–water partition coefficient (Wildman–Crippen LogP) is 0.718. The highest BCUT2D eigenvalue weighted by molar-refractivity contribution is 7.07. The van der Waals surface area contributed by atoms with Crippen LogP contribution < -0.4 is 5.32 Å². The molecule has 0 fully saturated rings. The summed E-state index contributed by atoms with van der Waals surface area (Å²) in [6.45, 7) is 1.50. The number of nitrogens with one attached hydrogen (secondary N) is 1. The number of rotatable bonds is 6. The fourth-order valence-electron chi connectivity index (χ4n) is 1.68. The minimum Gasteiger partial charge on any atom is -0.340 e. The van der Waals surface area contributed by atoms with Crippen LogP contribution in [0.2, 0.25) is 0 Å². The van der Waals surface area contributed by atoms with E-state index in [-0.39, 0.29) is 12.5 Å². The van der Waals surface area contributed by atoms with Crippen molar-refractivity contribution in [3.05, 3.63) is 34.3 Å². The second-order valence-electron chi connectivity index (χ2n) is 4.32. The normalized spacial score (nSPS) is 10.6. The Bertz CT molecular complexity index is 522.